The molecule has 0 saturated heterocycles. The molecule has 0 bridgehead atoms. The van der Waals surface area contributed by atoms with E-state index >= 15 is 0 Å². The summed E-state index contributed by atoms with van der Waals surface area (Å²) >= 11 is 0. The van der Waals surface area contributed by atoms with Gasteiger partial charge in [-0.1, -0.05) is 0 Å². The Labute approximate surface area is 98.8 Å². The third kappa shape index (κ3) is 3.42. The van der Waals surface area contributed by atoms with E-state index in [0.29, 0.717) is 11.4 Å². The van der Waals surface area contributed by atoms with E-state index in [-0.39, 0.29) is 11.8 Å². The smallest absolute Gasteiger partial charge is 0.252 e. The summed E-state index contributed by atoms with van der Waals surface area (Å²) in [5.74, 6) is 4.94. The van der Waals surface area contributed by atoms with Crippen LogP contribution in [-0.2, 0) is 4.79 Å². The summed E-state index contributed by atoms with van der Waals surface area (Å²) in [6.07, 6.45) is 1.45. The summed E-state index contributed by atoms with van der Waals surface area (Å²) in [6.45, 7) is 1.60. The second-order valence-corrected chi connectivity index (χ2v) is 3.38. The van der Waals surface area contributed by atoms with Gasteiger partial charge < -0.3 is 16.1 Å². The minimum absolute atomic E-state index is 0.260. The minimum atomic E-state index is -0.602. The number of hydrogen-bond donors (Lipinski definition) is 4. The summed E-state index contributed by atoms with van der Waals surface area (Å²) in [7, 11) is 1.51. The molecule has 1 aromatic rings. The topological polar surface area (TPSA) is 109 Å². The largest absolute Gasteiger partial charge is 0.357 e. The second-order valence-electron chi connectivity index (χ2n) is 3.38. The Morgan fingerprint density at radius 2 is 2.18 bits per heavy atom. The van der Waals surface area contributed by atoms with E-state index < -0.39 is 6.04 Å². The summed E-state index contributed by atoms with van der Waals surface area (Å²) in [6, 6.07) is 2.42. The van der Waals surface area contributed by atoms with Crippen LogP contribution in [0.3, 0.4) is 0 Å². The fourth-order valence-corrected chi connectivity index (χ4v) is 1.21. The zero-order valence-corrected chi connectivity index (χ0v) is 9.65. The highest BCUT2D eigenvalue weighted by Gasteiger charge is 2.15. The van der Waals surface area contributed by atoms with E-state index in [2.05, 4.69) is 21.0 Å². The highest BCUT2D eigenvalue weighted by molar-refractivity contribution is 5.97. The van der Waals surface area contributed by atoms with Crippen LogP contribution in [0, 0.1) is 0 Å². The van der Waals surface area contributed by atoms with Crippen LogP contribution >= 0.6 is 0 Å². The predicted octanol–water partition coefficient (Wildman–Crippen LogP) is -0.768. The molecule has 7 heteroatoms. The zero-order chi connectivity index (χ0) is 12.8. The van der Waals surface area contributed by atoms with Gasteiger partial charge in [-0.2, -0.15) is 0 Å². The standard InChI is InChI=1S/C10H15N5O2/c1-6(9(16)12-2)14-10(17)7-3-4-13-8(5-7)15-11/h3-6H,11H2,1-2H3,(H,12,16)(H,13,15)(H,14,17). The molecule has 1 heterocycles. The summed E-state index contributed by atoms with van der Waals surface area (Å²) in [4.78, 5) is 26.9. The molecule has 7 nitrogen and oxygen atoms in total. The van der Waals surface area contributed by atoms with E-state index in [1.807, 2.05) is 0 Å². The second kappa shape index (κ2) is 5.80. The number of carbonyl (C=O) groups is 2. The van der Waals surface area contributed by atoms with E-state index in [4.69, 9.17) is 5.84 Å². The maximum atomic E-state index is 11.8. The number of likely N-dealkylation sites (N-methyl/N-ethyl adjacent to an activating group) is 1. The molecule has 92 valence electrons. The molecule has 0 aliphatic rings. The van der Waals surface area contributed by atoms with Crippen molar-refractivity contribution in [1.82, 2.24) is 15.6 Å². The quantitative estimate of drug-likeness (QED) is 0.406. The Bertz CT molecular complexity index is 421. The first-order valence-corrected chi connectivity index (χ1v) is 5.03. The fraction of sp³-hybridized carbons (Fsp3) is 0.300. The van der Waals surface area contributed by atoms with Crippen LogP contribution in [0.4, 0.5) is 5.82 Å². The number of pyridine rings is 1. The zero-order valence-electron chi connectivity index (χ0n) is 9.65. The van der Waals surface area contributed by atoms with Gasteiger partial charge in [-0.15, -0.1) is 0 Å². The van der Waals surface area contributed by atoms with Crippen molar-refractivity contribution in [3.63, 3.8) is 0 Å². The van der Waals surface area contributed by atoms with Gasteiger partial charge >= 0.3 is 0 Å². The van der Waals surface area contributed by atoms with Crippen molar-refractivity contribution in [2.24, 2.45) is 5.84 Å². The molecule has 0 fully saturated rings. The van der Waals surface area contributed by atoms with E-state index in [1.54, 1.807) is 6.92 Å². The maximum absolute atomic E-state index is 11.8. The number of rotatable bonds is 4. The van der Waals surface area contributed by atoms with Crippen molar-refractivity contribution >= 4 is 17.6 Å². The molecule has 0 radical (unpaired) electrons. The van der Waals surface area contributed by atoms with Gasteiger partial charge in [-0.05, 0) is 19.1 Å². The van der Waals surface area contributed by atoms with Crippen LogP contribution in [-0.4, -0.2) is 29.9 Å². The highest BCUT2D eigenvalue weighted by Crippen LogP contribution is 2.05. The Morgan fingerprint density at radius 3 is 2.76 bits per heavy atom. The molecule has 1 unspecified atom stereocenters. The van der Waals surface area contributed by atoms with Crippen LogP contribution in [0.15, 0.2) is 18.3 Å². The normalized spacial score (nSPS) is 11.5. The van der Waals surface area contributed by atoms with Gasteiger partial charge in [0, 0.05) is 18.8 Å². The van der Waals surface area contributed by atoms with Crippen molar-refractivity contribution in [2.75, 3.05) is 12.5 Å². The number of nitrogen functional groups attached to an aromatic ring is 1. The number of carbonyl (C=O) groups excluding carboxylic acids is 2. The van der Waals surface area contributed by atoms with Crippen LogP contribution in [0.25, 0.3) is 0 Å². The number of nitrogens with two attached hydrogens (primary N) is 1. The Hall–Kier alpha value is -2.15. The first-order chi connectivity index (χ1) is 8.08. The number of anilines is 1. The average molecular weight is 237 g/mol. The Kier molecular flexibility index (Phi) is 4.41. The molecule has 2 amide bonds. The van der Waals surface area contributed by atoms with E-state index in [1.165, 1.54) is 25.4 Å². The molecule has 1 atom stereocenters. The molecule has 1 rings (SSSR count). The van der Waals surface area contributed by atoms with Crippen molar-refractivity contribution in [3.05, 3.63) is 23.9 Å². The van der Waals surface area contributed by atoms with Crippen molar-refractivity contribution in [3.8, 4) is 0 Å². The molecule has 0 aliphatic heterocycles. The monoisotopic (exact) mass is 237 g/mol. The van der Waals surface area contributed by atoms with Gasteiger partial charge in [0.25, 0.3) is 5.91 Å². The van der Waals surface area contributed by atoms with Crippen LogP contribution < -0.4 is 21.9 Å². The molecule has 0 spiro atoms. The van der Waals surface area contributed by atoms with Gasteiger partial charge in [0.05, 0.1) is 0 Å². The molecule has 17 heavy (non-hydrogen) atoms. The predicted molar refractivity (Wildman–Crippen MR) is 63.0 cm³/mol. The van der Waals surface area contributed by atoms with Crippen molar-refractivity contribution in [1.29, 1.82) is 0 Å². The maximum Gasteiger partial charge on any atom is 0.252 e. The lowest BCUT2D eigenvalue weighted by atomic mass is 10.2. The van der Waals surface area contributed by atoms with Gasteiger partial charge in [0.15, 0.2) is 0 Å². The van der Waals surface area contributed by atoms with Crippen molar-refractivity contribution < 1.29 is 9.59 Å². The SMILES string of the molecule is CNC(=O)C(C)NC(=O)c1ccnc(NN)c1. The highest BCUT2D eigenvalue weighted by atomic mass is 16.2. The number of aromatic nitrogens is 1. The molecular formula is C10H15N5O2. The summed E-state index contributed by atoms with van der Waals surface area (Å²) in [5, 5.41) is 5.00. The van der Waals surface area contributed by atoms with Gasteiger partial charge in [0.2, 0.25) is 5.91 Å². The molecule has 0 aliphatic carbocycles. The number of hydrogen-bond acceptors (Lipinski definition) is 5. The third-order valence-corrected chi connectivity index (χ3v) is 2.16. The van der Waals surface area contributed by atoms with Crippen molar-refractivity contribution in [2.45, 2.75) is 13.0 Å². The lowest BCUT2D eigenvalue weighted by Crippen LogP contribution is -2.43. The van der Waals surface area contributed by atoms with Gasteiger partial charge in [-0.3, -0.25) is 9.59 Å². The summed E-state index contributed by atoms with van der Waals surface area (Å²) < 4.78 is 0. The number of amides is 2. The van der Waals surface area contributed by atoms with E-state index in [9.17, 15) is 9.59 Å². The van der Waals surface area contributed by atoms with Gasteiger partial charge in [0.1, 0.15) is 11.9 Å². The van der Waals surface area contributed by atoms with Crippen LogP contribution in [0.2, 0.25) is 0 Å². The molecule has 0 saturated carbocycles. The average Bonchev–Trinajstić information content (AvgIpc) is 2.37. The lowest BCUT2D eigenvalue weighted by Gasteiger charge is -2.12. The molecule has 0 aromatic carbocycles. The minimum Gasteiger partial charge on any atom is -0.357 e. The van der Waals surface area contributed by atoms with E-state index in [0.717, 1.165) is 0 Å². The lowest BCUT2D eigenvalue weighted by molar-refractivity contribution is -0.122. The Morgan fingerprint density at radius 1 is 1.47 bits per heavy atom. The molecular weight excluding hydrogens is 222 g/mol. The first-order valence-electron chi connectivity index (χ1n) is 5.03. The third-order valence-electron chi connectivity index (χ3n) is 2.16. The molecule has 1 aromatic heterocycles. The molecule has 5 N–H and O–H groups in total. The number of nitrogens with one attached hydrogen (secondary N) is 3. The Balaban J connectivity index is 2.72. The number of hydrazine groups is 1. The van der Waals surface area contributed by atoms with Crippen LogP contribution in [0.5, 0.6) is 0 Å². The van der Waals surface area contributed by atoms with Crippen LogP contribution in [0.1, 0.15) is 17.3 Å². The fourth-order valence-electron chi connectivity index (χ4n) is 1.21. The summed E-state index contributed by atoms with van der Waals surface area (Å²) in [5.41, 5.74) is 2.72. The first kappa shape index (κ1) is 12.9. The number of nitrogens with zero attached hydrogens (tertiary/aromatic N) is 1. The van der Waals surface area contributed by atoms with Gasteiger partial charge in [-0.25, -0.2) is 10.8 Å².